The van der Waals surface area contributed by atoms with E-state index in [9.17, 15) is 27.6 Å². The van der Waals surface area contributed by atoms with E-state index in [-0.39, 0.29) is 31.2 Å². The van der Waals surface area contributed by atoms with Crippen molar-refractivity contribution in [3.63, 3.8) is 0 Å². The number of carbonyl (C=O) groups is 3. The molecule has 218 valence electrons. The number of benzene rings is 1. The summed E-state index contributed by atoms with van der Waals surface area (Å²) in [4.78, 5) is 44.3. The van der Waals surface area contributed by atoms with Crippen LogP contribution in [0.15, 0.2) is 36.4 Å². The maximum atomic E-state index is 13.4. The van der Waals surface area contributed by atoms with Gasteiger partial charge in [0.15, 0.2) is 6.29 Å². The number of ether oxygens (including phenoxy) is 1. The standard InChI is InChI=1S/C28H40F3N3O5/c1-19(2)17-23(25(35)32-34(18-20(3)4)27(37)28(29,30)31)22(14-10-13-21-11-6-5-7-12-21)26(36)33-39-24-15-8-9-16-38-24/h5-7,10-13,19-20,22-24H,8-9,14-18H2,1-4H3,(H,32,35)(H,33,36)/t22-,23+,24?/m0/s1. The summed E-state index contributed by atoms with van der Waals surface area (Å²) < 4.78 is 45.3. The average Bonchev–Trinajstić information content (AvgIpc) is 2.88. The number of hydrazine groups is 1. The van der Waals surface area contributed by atoms with Gasteiger partial charge in [0.05, 0.1) is 11.8 Å². The molecule has 0 saturated carbocycles. The van der Waals surface area contributed by atoms with Gasteiger partial charge in [0.25, 0.3) is 0 Å². The molecule has 0 spiro atoms. The van der Waals surface area contributed by atoms with Crippen molar-refractivity contribution in [2.45, 2.75) is 72.3 Å². The van der Waals surface area contributed by atoms with E-state index in [1.165, 1.54) is 0 Å². The highest BCUT2D eigenvalue weighted by atomic mass is 19.4. The van der Waals surface area contributed by atoms with Crippen molar-refractivity contribution in [2.75, 3.05) is 13.2 Å². The third-order valence-electron chi connectivity index (χ3n) is 6.09. The van der Waals surface area contributed by atoms with Gasteiger partial charge in [-0.3, -0.25) is 19.8 Å². The minimum atomic E-state index is -5.17. The van der Waals surface area contributed by atoms with E-state index in [1.54, 1.807) is 26.0 Å². The van der Waals surface area contributed by atoms with Crippen molar-refractivity contribution in [3.8, 4) is 0 Å². The Labute approximate surface area is 228 Å². The van der Waals surface area contributed by atoms with Crippen molar-refractivity contribution in [1.82, 2.24) is 15.9 Å². The minimum Gasteiger partial charge on any atom is -0.350 e. The Balaban J connectivity index is 2.30. The van der Waals surface area contributed by atoms with Crippen LogP contribution in [0.25, 0.3) is 6.08 Å². The fourth-order valence-corrected chi connectivity index (χ4v) is 4.25. The Kier molecular flexibility index (Phi) is 12.9. The number of halogens is 3. The molecule has 1 saturated heterocycles. The zero-order chi connectivity index (χ0) is 29.0. The first kappa shape index (κ1) is 32.3. The van der Waals surface area contributed by atoms with E-state index in [0.29, 0.717) is 18.0 Å². The van der Waals surface area contributed by atoms with Crippen LogP contribution in [0.1, 0.15) is 65.4 Å². The molecular weight excluding hydrogens is 515 g/mol. The molecule has 2 rings (SSSR count). The predicted molar refractivity (Wildman–Crippen MR) is 140 cm³/mol. The van der Waals surface area contributed by atoms with Crippen molar-refractivity contribution >= 4 is 23.8 Å². The molecule has 3 amide bonds. The molecule has 0 bridgehead atoms. The number of rotatable bonds is 12. The van der Waals surface area contributed by atoms with Gasteiger partial charge in [-0.05, 0) is 43.1 Å². The maximum Gasteiger partial charge on any atom is 0.473 e. The van der Waals surface area contributed by atoms with Crippen LogP contribution in [0.3, 0.4) is 0 Å². The summed E-state index contributed by atoms with van der Waals surface area (Å²) in [5, 5.41) is 0.293. The van der Waals surface area contributed by atoms with Gasteiger partial charge >= 0.3 is 12.1 Å². The van der Waals surface area contributed by atoms with E-state index in [2.05, 4.69) is 10.9 Å². The molecule has 39 heavy (non-hydrogen) atoms. The summed E-state index contributed by atoms with van der Waals surface area (Å²) in [5.74, 6) is -6.07. The third-order valence-corrected chi connectivity index (χ3v) is 6.09. The summed E-state index contributed by atoms with van der Waals surface area (Å²) in [6, 6.07) is 9.34. The van der Waals surface area contributed by atoms with Crippen LogP contribution in [0.5, 0.6) is 0 Å². The average molecular weight is 556 g/mol. The number of nitrogens with zero attached hydrogens (tertiary/aromatic N) is 1. The number of carbonyl (C=O) groups excluding carboxylic acids is 3. The molecule has 1 fully saturated rings. The Hall–Kier alpha value is -2.92. The molecule has 3 atom stereocenters. The number of hydrogen-bond donors (Lipinski definition) is 2. The molecule has 0 aliphatic carbocycles. The van der Waals surface area contributed by atoms with E-state index >= 15 is 0 Å². The lowest BCUT2D eigenvalue weighted by Crippen LogP contribution is -2.55. The second kappa shape index (κ2) is 15.6. The van der Waals surface area contributed by atoms with Crippen molar-refractivity contribution in [3.05, 3.63) is 42.0 Å². The number of allylic oxidation sites excluding steroid dienone is 1. The summed E-state index contributed by atoms with van der Waals surface area (Å²) in [6.07, 6.45) is 0.417. The third kappa shape index (κ3) is 11.4. The first-order valence-corrected chi connectivity index (χ1v) is 13.4. The Morgan fingerprint density at radius 2 is 1.74 bits per heavy atom. The van der Waals surface area contributed by atoms with E-state index in [1.807, 2.05) is 44.2 Å². The minimum absolute atomic E-state index is 0.0754. The maximum absolute atomic E-state index is 13.4. The molecule has 1 aliphatic heterocycles. The fraction of sp³-hybridized carbons (Fsp3) is 0.607. The topological polar surface area (TPSA) is 97.0 Å². The van der Waals surface area contributed by atoms with Gasteiger partial charge in [-0.15, -0.1) is 0 Å². The van der Waals surface area contributed by atoms with Crippen LogP contribution in [0.4, 0.5) is 13.2 Å². The number of hydrogen-bond acceptors (Lipinski definition) is 5. The van der Waals surface area contributed by atoms with Crippen molar-refractivity contribution in [1.29, 1.82) is 0 Å². The van der Waals surface area contributed by atoms with Gasteiger partial charge in [0.2, 0.25) is 11.8 Å². The van der Waals surface area contributed by atoms with Crippen LogP contribution in [-0.4, -0.2) is 48.3 Å². The summed E-state index contributed by atoms with van der Waals surface area (Å²) in [6.45, 7) is 7.10. The molecule has 1 aromatic rings. The van der Waals surface area contributed by atoms with E-state index in [0.717, 1.165) is 18.4 Å². The van der Waals surface area contributed by atoms with Crippen molar-refractivity contribution in [2.24, 2.45) is 23.7 Å². The van der Waals surface area contributed by atoms with Gasteiger partial charge in [0, 0.05) is 19.6 Å². The number of alkyl halides is 3. The number of nitrogens with one attached hydrogen (secondary N) is 2. The number of amides is 3. The Morgan fingerprint density at radius 1 is 1.05 bits per heavy atom. The largest absolute Gasteiger partial charge is 0.473 e. The first-order chi connectivity index (χ1) is 18.4. The first-order valence-electron chi connectivity index (χ1n) is 13.4. The molecule has 1 heterocycles. The molecule has 11 heteroatoms. The van der Waals surface area contributed by atoms with Crippen LogP contribution in [0.2, 0.25) is 0 Å². The quantitative estimate of drug-likeness (QED) is 0.353. The summed E-state index contributed by atoms with van der Waals surface area (Å²) in [7, 11) is 0. The van der Waals surface area contributed by atoms with Gasteiger partial charge < -0.3 is 4.74 Å². The number of hydroxylamine groups is 1. The highest BCUT2D eigenvalue weighted by molar-refractivity contribution is 5.90. The summed E-state index contributed by atoms with van der Waals surface area (Å²) in [5.41, 5.74) is 5.45. The van der Waals surface area contributed by atoms with Crippen LogP contribution in [0, 0.1) is 23.7 Å². The normalized spacial score (nSPS) is 17.7. The van der Waals surface area contributed by atoms with Gasteiger partial charge in [-0.25, -0.2) is 15.3 Å². The van der Waals surface area contributed by atoms with Crippen molar-refractivity contribution < 1.29 is 37.1 Å². The Morgan fingerprint density at radius 3 is 2.31 bits per heavy atom. The van der Waals surface area contributed by atoms with Crippen LogP contribution < -0.4 is 10.9 Å². The summed E-state index contributed by atoms with van der Waals surface area (Å²) >= 11 is 0. The molecule has 2 N–H and O–H groups in total. The lowest BCUT2D eigenvalue weighted by atomic mass is 9.82. The fourth-order valence-electron chi connectivity index (χ4n) is 4.25. The van der Waals surface area contributed by atoms with Gasteiger partial charge in [0.1, 0.15) is 0 Å². The molecule has 8 nitrogen and oxygen atoms in total. The lowest BCUT2D eigenvalue weighted by molar-refractivity contribution is -0.203. The zero-order valence-corrected chi connectivity index (χ0v) is 23.0. The smallest absolute Gasteiger partial charge is 0.350 e. The van der Waals surface area contributed by atoms with Gasteiger partial charge in [-0.1, -0.05) is 70.2 Å². The second-order valence-electron chi connectivity index (χ2n) is 10.6. The monoisotopic (exact) mass is 555 g/mol. The molecule has 1 aromatic carbocycles. The van der Waals surface area contributed by atoms with Crippen LogP contribution in [-0.2, 0) is 24.0 Å². The zero-order valence-electron chi connectivity index (χ0n) is 23.0. The highest BCUT2D eigenvalue weighted by Crippen LogP contribution is 2.27. The Bertz CT molecular complexity index is 948. The van der Waals surface area contributed by atoms with E-state index < -0.39 is 42.0 Å². The highest BCUT2D eigenvalue weighted by Gasteiger charge is 2.44. The SMILES string of the molecule is CC(C)C[C@@H](C(=O)NN(CC(C)C)C(=O)C(F)(F)F)[C@H](CC=Cc1ccccc1)C(=O)NOC1CCCCO1. The van der Waals surface area contributed by atoms with Gasteiger partial charge in [-0.2, -0.15) is 13.2 Å². The predicted octanol–water partition coefficient (Wildman–Crippen LogP) is 5.02. The lowest BCUT2D eigenvalue weighted by Gasteiger charge is -2.31. The molecular formula is C28H40F3N3O5. The van der Waals surface area contributed by atoms with E-state index in [4.69, 9.17) is 9.57 Å². The second-order valence-corrected chi connectivity index (χ2v) is 10.6. The molecule has 1 unspecified atom stereocenters. The molecule has 0 radical (unpaired) electrons. The van der Waals surface area contributed by atoms with Crippen LogP contribution >= 0.6 is 0 Å². The molecule has 1 aliphatic rings. The molecule has 0 aromatic heterocycles.